The van der Waals surface area contributed by atoms with Gasteiger partial charge in [-0.25, -0.2) is 4.79 Å². The van der Waals surface area contributed by atoms with Crippen LogP contribution in [-0.4, -0.2) is 52.8 Å². The maximum absolute atomic E-state index is 12.3. The molecule has 1 unspecified atom stereocenters. The van der Waals surface area contributed by atoms with Crippen LogP contribution in [0.4, 0.5) is 0 Å². The Bertz CT molecular complexity index is 684. The van der Waals surface area contributed by atoms with Crippen LogP contribution < -0.4 is 0 Å². The monoisotopic (exact) mass is 400 g/mol. The fourth-order valence-electron chi connectivity index (χ4n) is 3.68. The van der Waals surface area contributed by atoms with Crippen LogP contribution in [-0.2, 0) is 28.6 Å². The third-order valence-corrected chi connectivity index (χ3v) is 5.11. The minimum absolute atomic E-state index is 0.237. The Hall–Kier alpha value is -1.86. The van der Waals surface area contributed by atoms with Crippen molar-refractivity contribution < 1.29 is 33.7 Å². The zero-order valence-corrected chi connectivity index (χ0v) is 16.6. The standard InChI is InChI=1S/C19H25ClO7/c1-10-5-14(25-12(3)21)6-11(2)8-16-17(15(7-10)26-13(4)22)19(24,9-20)18(23)27-16/h5,8,14-17,24H,6-7,9H2,1-4H3/b10-5-,11-8-/t14-,15?,16-,17-,19+/m1/s1. The zero-order valence-electron chi connectivity index (χ0n) is 15.9. The number of halogens is 1. The van der Waals surface area contributed by atoms with Crippen molar-refractivity contribution in [1.82, 2.24) is 0 Å². The van der Waals surface area contributed by atoms with Gasteiger partial charge in [-0.1, -0.05) is 11.1 Å². The number of hydrogen-bond donors (Lipinski definition) is 1. The molecule has 0 spiro atoms. The van der Waals surface area contributed by atoms with Gasteiger partial charge in [0, 0.05) is 26.7 Å². The summed E-state index contributed by atoms with van der Waals surface area (Å²) < 4.78 is 16.1. The predicted molar refractivity (Wildman–Crippen MR) is 96.9 cm³/mol. The van der Waals surface area contributed by atoms with Gasteiger partial charge in [0.25, 0.3) is 0 Å². The van der Waals surface area contributed by atoms with Crippen molar-refractivity contribution in [2.45, 2.75) is 64.4 Å². The summed E-state index contributed by atoms with van der Waals surface area (Å²) in [4.78, 5) is 35.3. The lowest BCUT2D eigenvalue weighted by Gasteiger charge is -2.33. The molecule has 5 atom stereocenters. The average Bonchev–Trinajstić information content (AvgIpc) is 2.75. The molecule has 0 amide bonds. The minimum atomic E-state index is -1.96. The fraction of sp³-hybridized carbons (Fsp3) is 0.632. The maximum Gasteiger partial charge on any atom is 0.340 e. The second-order valence-corrected chi connectivity index (χ2v) is 7.45. The lowest BCUT2D eigenvalue weighted by Crippen LogP contribution is -2.50. The number of fused-ring (bicyclic) bond motifs is 1. The summed E-state index contributed by atoms with van der Waals surface area (Å²) in [5, 5.41) is 10.9. The summed E-state index contributed by atoms with van der Waals surface area (Å²) in [5.74, 6) is -3.03. The summed E-state index contributed by atoms with van der Waals surface area (Å²) >= 11 is 5.90. The Labute approximate surface area is 163 Å². The van der Waals surface area contributed by atoms with Gasteiger partial charge in [0.15, 0.2) is 5.60 Å². The number of carbonyl (C=O) groups is 3. The topological polar surface area (TPSA) is 99.1 Å². The highest BCUT2D eigenvalue weighted by Gasteiger charge is 2.59. The molecule has 150 valence electrons. The SMILES string of the molecule is CC(=O)OC1C/C(C)=C\[C@@H](OC(C)=O)C/C(C)=C\[C@H]2OC(=O)[C@](O)(CCl)[C@H]12. The van der Waals surface area contributed by atoms with Crippen LogP contribution >= 0.6 is 11.6 Å². The number of rotatable bonds is 3. The van der Waals surface area contributed by atoms with Gasteiger partial charge in [-0.2, -0.15) is 0 Å². The molecule has 1 aliphatic heterocycles. The molecular weight excluding hydrogens is 376 g/mol. The number of carbonyl (C=O) groups excluding carboxylic acids is 3. The highest BCUT2D eigenvalue weighted by Crippen LogP contribution is 2.40. The normalized spacial score (nSPS) is 37.8. The maximum atomic E-state index is 12.3. The van der Waals surface area contributed by atoms with E-state index >= 15 is 0 Å². The van der Waals surface area contributed by atoms with E-state index in [9.17, 15) is 19.5 Å². The van der Waals surface area contributed by atoms with Gasteiger partial charge >= 0.3 is 17.9 Å². The van der Waals surface area contributed by atoms with E-state index in [0.717, 1.165) is 11.1 Å². The van der Waals surface area contributed by atoms with Crippen molar-refractivity contribution in [3.8, 4) is 0 Å². The van der Waals surface area contributed by atoms with E-state index in [4.69, 9.17) is 25.8 Å². The Morgan fingerprint density at radius 1 is 1.19 bits per heavy atom. The first-order valence-corrected chi connectivity index (χ1v) is 9.28. The number of alkyl halides is 1. The fourth-order valence-corrected chi connectivity index (χ4v) is 3.97. The van der Waals surface area contributed by atoms with Crippen LogP contribution in [0.25, 0.3) is 0 Å². The van der Waals surface area contributed by atoms with E-state index in [1.807, 2.05) is 6.92 Å². The summed E-state index contributed by atoms with van der Waals surface area (Å²) in [5.41, 5.74) is -0.370. The lowest BCUT2D eigenvalue weighted by atomic mass is 9.79. The molecule has 27 heavy (non-hydrogen) atoms. The summed E-state index contributed by atoms with van der Waals surface area (Å²) in [6.45, 7) is 6.20. The van der Waals surface area contributed by atoms with Crippen LogP contribution in [0.15, 0.2) is 23.3 Å². The van der Waals surface area contributed by atoms with Gasteiger partial charge < -0.3 is 19.3 Å². The molecule has 1 N–H and O–H groups in total. The van der Waals surface area contributed by atoms with E-state index in [1.165, 1.54) is 13.8 Å². The molecule has 1 saturated heterocycles. The van der Waals surface area contributed by atoms with Crippen LogP contribution in [0, 0.1) is 5.92 Å². The molecule has 0 radical (unpaired) electrons. The van der Waals surface area contributed by atoms with Crippen molar-refractivity contribution in [2.24, 2.45) is 5.92 Å². The van der Waals surface area contributed by atoms with Crippen molar-refractivity contribution in [2.75, 3.05) is 5.88 Å². The quantitative estimate of drug-likeness (QED) is 0.335. The molecule has 0 bridgehead atoms. The molecular formula is C19H25ClO7. The van der Waals surface area contributed by atoms with Gasteiger partial charge in [0.2, 0.25) is 0 Å². The molecule has 0 saturated carbocycles. The molecule has 0 aromatic rings. The Morgan fingerprint density at radius 3 is 2.33 bits per heavy atom. The van der Waals surface area contributed by atoms with Crippen LogP contribution in [0.5, 0.6) is 0 Å². The molecule has 8 heteroatoms. The summed E-state index contributed by atoms with van der Waals surface area (Å²) in [7, 11) is 0. The summed E-state index contributed by atoms with van der Waals surface area (Å²) in [6.07, 6.45) is 1.99. The van der Waals surface area contributed by atoms with Crippen molar-refractivity contribution in [3.05, 3.63) is 23.3 Å². The number of esters is 3. The smallest absolute Gasteiger partial charge is 0.340 e. The van der Waals surface area contributed by atoms with Crippen molar-refractivity contribution in [1.29, 1.82) is 0 Å². The van der Waals surface area contributed by atoms with E-state index < -0.39 is 47.7 Å². The molecule has 1 fully saturated rings. The zero-order chi connectivity index (χ0) is 20.4. The third-order valence-electron chi connectivity index (χ3n) is 4.71. The predicted octanol–water partition coefficient (Wildman–Crippen LogP) is 2.05. The third kappa shape index (κ3) is 4.90. The van der Waals surface area contributed by atoms with Gasteiger partial charge in [-0.05, 0) is 26.0 Å². The largest absolute Gasteiger partial charge is 0.462 e. The first kappa shape index (κ1) is 21.4. The van der Waals surface area contributed by atoms with E-state index in [-0.39, 0.29) is 12.3 Å². The van der Waals surface area contributed by atoms with Gasteiger partial charge in [0.1, 0.15) is 18.3 Å². The molecule has 1 aliphatic carbocycles. The van der Waals surface area contributed by atoms with E-state index in [2.05, 4.69) is 0 Å². The van der Waals surface area contributed by atoms with Crippen LogP contribution in [0.1, 0.15) is 40.5 Å². The van der Waals surface area contributed by atoms with E-state index in [0.29, 0.717) is 6.42 Å². The Morgan fingerprint density at radius 2 is 1.78 bits per heavy atom. The summed E-state index contributed by atoms with van der Waals surface area (Å²) in [6, 6.07) is 0. The van der Waals surface area contributed by atoms with Gasteiger partial charge in [0.05, 0.1) is 11.8 Å². The van der Waals surface area contributed by atoms with Gasteiger partial charge in [-0.3, -0.25) is 9.59 Å². The first-order valence-electron chi connectivity index (χ1n) is 8.75. The lowest BCUT2D eigenvalue weighted by molar-refractivity contribution is -0.159. The molecule has 1 heterocycles. The van der Waals surface area contributed by atoms with Gasteiger partial charge in [-0.15, -0.1) is 11.6 Å². The number of aliphatic hydroxyl groups is 1. The number of hydrogen-bond acceptors (Lipinski definition) is 7. The Balaban J connectivity index is 2.50. The highest BCUT2D eigenvalue weighted by molar-refractivity contribution is 6.20. The average molecular weight is 401 g/mol. The van der Waals surface area contributed by atoms with Crippen molar-refractivity contribution >= 4 is 29.5 Å². The first-order chi connectivity index (χ1) is 12.6. The van der Waals surface area contributed by atoms with Crippen LogP contribution in [0.2, 0.25) is 0 Å². The second-order valence-electron chi connectivity index (χ2n) is 7.18. The Kier molecular flexibility index (Phi) is 6.70. The molecule has 7 nitrogen and oxygen atoms in total. The molecule has 0 aromatic carbocycles. The van der Waals surface area contributed by atoms with Crippen molar-refractivity contribution in [3.63, 3.8) is 0 Å². The molecule has 2 rings (SSSR count). The van der Waals surface area contributed by atoms with E-state index in [1.54, 1.807) is 19.1 Å². The highest BCUT2D eigenvalue weighted by atomic mass is 35.5. The second kappa shape index (κ2) is 8.44. The molecule has 0 aromatic heterocycles. The van der Waals surface area contributed by atoms with Crippen LogP contribution in [0.3, 0.4) is 0 Å². The number of ether oxygens (including phenoxy) is 3. The molecule has 2 aliphatic rings. The minimum Gasteiger partial charge on any atom is -0.462 e.